The number of hydrogen-bond acceptors (Lipinski definition) is 5. The van der Waals surface area contributed by atoms with Gasteiger partial charge >= 0.3 is 5.97 Å². The zero-order valence-corrected chi connectivity index (χ0v) is 16.3. The van der Waals surface area contributed by atoms with E-state index in [1.165, 1.54) is 12.1 Å². The van der Waals surface area contributed by atoms with E-state index >= 15 is 0 Å². The first kappa shape index (κ1) is 20.2. The second kappa shape index (κ2) is 9.61. The van der Waals surface area contributed by atoms with Crippen LogP contribution in [0.3, 0.4) is 0 Å². The lowest BCUT2D eigenvalue weighted by Crippen LogP contribution is -2.18. The molecule has 3 aromatic rings. The average molecular weight is 412 g/mol. The van der Waals surface area contributed by atoms with Gasteiger partial charge in [-0.05, 0) is 60.7 Å². The number of halogens is 1. The highest BCUT2D eigenvalue weighted by Crippen LogP contribution is 2.23. The Balaban J connectivity index is 1.53. The Morgan fingerprint density at radius 2 is 1.55 bits per heavy atom. The molecule has 0 saturated carbocycles. The number of hydrogen-bond donors (Lipinski definition) is 1. The fraction of sp³-hybridized carbons (Fsp3) is 0.0909. The molecule has 0 fully saturated rings. The first-order chi connectivity index (χ1) is 14.0. The number of amides is 1. The van der Waals surface area contributed by atoms with Gasteiger partial charge in [0, 0.05) is 11.3 Å². The van der Waals surface area contributed by atoms with Crippen LogP contribution in [0.25, 0.3) is 0 Å². The van der Waals surface area contributed by atoms with Gasteiger partial charge in [0.2, 0.25) is 0 Å². The second-order valence-electron chi connectivity index (χ2n) is 5.90. The first-order valence-corrected chi connectivity index (χ1v) is 9.06. The predicted molar refractivity (Wildman–Crippen MR) is 110 cm³/mol. The van der Waals surface area contributed by atoms with Gasteiger partial charge in [0.15, 0.2) is 6.61 Å². The number of benzene rings is 3. The highest BCUT2D eigenvalue weighted by atomic mass is 35.5. The third-order valence-corrected chi connectivity index (χ3v) is 4.19. The standard InChI is InChI=1S/C22H18ClNO5/c1-27-17-12-8-16(9-13-17)24-22(26)15-6-10-18(11-7-15)29-21(25)14-28-20-5-3-2-4-19(20)23/h2-13H,14H2,1H3,(H,24,26). The van der Waals surface area contributed by atoms with E-state index in [0.29, 0.717) is 33.5 Å². The molecule has 1 N–H and O–H groups in total. The molecule has 0 saturated heterocycles. The molecule has 0 aliphatic rings. The number of ether oxygens (including phenoxy) is 3. The molecule has 0 atom stereocenters. The molecule has 1 amide bonds. The highest BCUT2D eigenvalue weighted by Gasteiger charge is 2.10. The van der Waals surface area contributed by atoms with Crippen LogP contribution in [0.5, 0.6) is 17.2 Å². The Hall–Kier alpha value is -3.51. The molecule has 0 aliphatic heterocycles. The van der Waals surface area contributed by atoms with Crippen LogP contribution in [0.2, 0.25) is 5.02 Å². The van der Waals surface area contributed by atoms with Crippen molar-refractivity contribution < 1.29 is 23.8 Å². The maximum Gasteiger partial charge on any atom is 0.349 e. The molecule has 3 aromatic carbocycles. The van der Waals surface area contributed by atoms with E-state index in [4.69, 9.17) is 25.8 Å². The second-order valence-corrected chi connectivity index (χ2v) is 6.31. The van der Waals surface area contributed by atoms with Crippen molar-refractivity contribution in [1.29, 1.82) is 0 Å². The van der Waals surface area contributed by atoms with Gasteiger partial charge < -0.3 is 19.5 Å². The largest absolute Gasteiger partial charge is 0.497 e. The van der Waals surface area contributed by atoms with Crippen molar-refractivity contribution in [2.75, 3.05) is 19.0 Å². The predicted octanol–water partition coefficient (Wildman–Crippen LogP) is 4.59. The summed E-state index contributed by atoms with van der Waals surface area (Å²) in [6, 6.07) is 20.0. The van der Waals surface area contributed by atoms with Gasteiger partial charge in [0.1, 0.15) is 17.2 Å². The van der Waals surface area contributed by atoms with Crippen LogP contribution < -0.4 is 19.5 Å². The summed E-state index contributed by atoms with van der Waals surface area (Å²) in [5.74, 6) is 0.540. The maximum absolute atomic E-state index is 12.3. The number of anilines is 1. The van der Waals surface area contributed by atoms with Crippen molar-refractivity contribution in [2.45, 2.75) is 0 Å². The summed E-state index contributed by atoms with van der Waals surface area (Å²) in [6.07, 6.45) is 0. The Morgan fingerprint density at radius 3 is 2.21 bits per heavy atom. The summed E-state index contributed by atoms with van der Waals surface area (Å²) in [6.45, 7) is -0.288. The monoisotopic (exact) mass is 411 g/mol. The van der Waals surface area contributed by atoms with Crippen LogP contribution in [-0.4, -0.2) is 25.6 Å². The van der Waals surface area contributed by atoms with E-state index in [9.17, 15) is 9.59 Å². The zero-order chi connectivity index (χ0) is 20.6. The molecule has 3 rings (SSSR count). The normalized spacial score (nSPS) is 10.1. The Morgan fingerprint density at radius 1 is 0.897 bits per heavy atom. The van der Waals surface area contributed by atoms with Gasteiger partial charge in [-0.15, -0.1) is 0 Å². The van der Waals surface area contributed by atoms with Crippen LogP contribution in [-0.2, 0) is 4.79 Å². The summed E-state index contributed by atoms with van der Waals surface area (Å²) >= 11 is 5.97. The molecule has 6 nitrogen and oxygen atoms in total. The fourth-order valence-corrected chi connectivity index (χ4v) is 2.60. The molecule has 0 aliphatic carbocycles. The Bertz CT molecular complexity index is 987. The van der Waals surface area contributed by atoms with Gasteiger partial charge in [-0.1, -0.05) is 23.7 Å². The molecule has 148 valence electrons. The molecular weight excluding hydrogens is 394 g/mol. The average Bonchev–Trinajstić information content (AvgIpc) is 2.74. The van der Waals surface area contributed by atoms with Gasteiger partial charge in [-0.2, -0.15) is 0 Å². The topological polar surface area (TPSA) is 73.9 Å². The summed E-state index contributed by atoms with van der Waals surface area (Å²) in [5, 5.41) is 3.19. The third-order valence-electron chi connectivity index (χ3n) is 3.88. The van der Waals surface area contributed by atoms with Crippen LogP contribution in [0.4, 0.5) is 5.69 Å². The molecular formula is C22H18ClNO5. The molecule has 7 heteroatoms. The van der Waals surface area contributed by atoms with Crippen LogP contribution in [0, 0.1) is 0 Å². The summed E-state index contributed by atoms with van der Waals surface area (Å²) < 4.78 is 15.6. The lowest BCUT2D eigenvalue weighted by atomic mass is 10.2. The molecule has 0 spiro atoms. The van der Waals surface area contributed by atoms with Crippen molar-refractivity contribution in [3.63, 3.8) is 0 Å². The number of rotatable bonds is 7. The van der Waals surface area contributed by atoms with E-state index in [1.807, 2.05) is 0 Å². The van der Waals surface area contributed by atoms with Crippen molar-refractivity contribution in [1.82, 2.24) is 0 Å². The van der Waals surface area contributed by atoms with Crippen molar-refractivity contribution in [3.8, 4) is 17.2 Å². The fourth-order valence-electron chi connectivity index (χ4n) is 2.41. The Labute approximate surface area is 173 Å². The molecule has 0 aromatic heterocycles. The summed E-state index contributed by atoms with van der Waals surface area (Å²) in [4.78, 5) is 24.2. The molecule has 29 heavy (non-hydrogen) atoms. The van der Waals surface area contributed by atoms with E-state index in [2.05, 4.69) is 5.32 Å². The van der Waals surface area contributed by atoms with E-state index in [0.717, 1.165) is 0 Å². The SMILES string of the molecule is COc1ccc(NC(=O)c2ccc(OC(=O)COc3ccccc3Cl)cc2)cc1. The van der Waals surface area contributed by atoms with Gasteiger partial charge in [-0.25, -0.2) is 4.79 Å². The van der Waals surface area contributed by atoms with Crippen molar-refractivity contribution in [3.05, 3.63) is 83.4 Å². The van der Waals surface area contributed by atoms with Crippen molar-refractivity contribution >= 4 is 29.2 Å². The quantitative estimate of drug-likeness (QED) is 0.455. The molecule has 0 radical (unpaired) electrons. The van der Waals surface area contributed by atoms with E-state index in [-0.39, 0.29) is 12.5 Å². The smallest absolute Gasteiger partial charge is 0.349 e. The first-order valence-electron chi connectivity index (χ1n) is 8.68. The Kier molecular flexibility index (Phi) is 6.71. The lowest BCUT2D eigenvalue weighted by Gasteiger charge is -2.09. The van der Waals surface area contributed by atoms with Crippen LogP contribution in [0.1, 0.15) is 10.4 Å². The van der Waals surface area contributed by atoms with Crippen molar-refractivity contribution in [2.24, 2.45) is 0 Å². The molecule has 0 bridgehead atoms. The summed E-state index contributed by atoms with van der Waals surface area (Å²) in [5.41, 5.74) is 1.07. The van der Waals surface area contributed by atoms with E-state index < -0.39 is 5.97 Å². The minimum atomic E-state index is -0.583. The number of esters is 1. The minimum Gasteiger partial charge on any atom is -0.497 e. The molecule has 0 unspecified atom stereocenters. The number of carbonyl (C=O) groups excluding carboxylic acids is 2. The number of para-hydroxylation sites is 1. The third kappa shape index (κ3) is 5.73. The lowest BCUT2D eigenvalue weighted by molar-refractivity contribution is -0.136. The maximum atomic E-state index is 12.3. The minimum absolute atomic E-state index is 0.282. The highest BCUT2D eigenvalue weighted by molar-refractivity contribution is 6.32. The summed E-state index contributed by atoms with van der Waals surface area (Å²) in [7, 11) is 1.57. The number of carbonyl (C=O) groups is 2. The number of methoxy groups -OCH3 is 1. The number of nitrogens with one attached hydrogen (secondary N) is 1. The van der Waals surface area contributed by atoms with Gasteiger partial charge in [-0.3, -0.25) is 4.79 Å². The van der Waals surface area contributed by atoms with Crippen LogP contribution in [0.15, 0.2) is 72.8 Å². The van der Waals surface area contributed by atoms with Crippen LogP contribution >= 0.6 is 11.6 Å². The molecule has 0 heterocycles. The van der Waals surface area contributed by atoms with Gasteiger partial charge in [0.05, 0.1) is 12.1 Å². The zero-order valence-electron chi connectivity index (χ0n) is 15.6. The van der Waals surface area contributed by atoms with E-state index in [1.54, 1.807) is 67.8 Å². The van der Waals surface area contributed by atoms with Gasteiger partial charge in [0.25, 0.3) is 5.91 Å².